The van der Waals surface area contributed by atoms with Gasteiger partial charge in [-0.15, -0.1) is 0 Å². The van der Waals surface area contributed by atoms with E-state index in [0.717, 1.165) is 0 Å². The highest BCUT2D eigenvalue weighted by Gasteiger charge is 2.36. The highest BCUT2D eigenvalue weighted by atomic mass is 16.5. The molecule has 25 heavy (non-hydrogen) atoms. The largest absolute Gasteiger partial charge is 0.496 e. The molecule has 0 radical (unpaired) electrons. The molecule has 2 rings (SSSR count). The molecule has 0 aliphatic carbocycles. The molecule has 2 amide bonds. The van der Waals surface area contributed by atoms with Gasteiger partial charge in [-0.1, -0.05) is 26.0 Å². The summed E-state index contributed by atoms with van der Waals surface area (Å²) in [6.45, 7) is 4.26. The molecule has 7 heteroatoms. The molecule has 0 spiro atoms. The molecule has 2 atom stereocenters. The van der Waals surface area contributed by atoms with Crippen LogP contribution in [0, 0.1) is 11.8 Å². The van der Waals surface area contributed by atoms with Gasteiger partial charge >= 0.3 is 5.97 Å². The Morgan fingerprint density at radius 2 is 1.96 bits per heavy atom. The fraction of sp³-hybridized carbons (Fsp3) is 0.500. The molecule has 7 nitrogen and oxygen atoms in total. The summed E-state index contributed by atoms with van der Waals surface area (Å²) in [4.78, 5) is 37.9. The summed E-state index contributed by atoms with van der Waals surface area (Å²) >= 11 is 0. The number of aliphatic carboxylic acids is 1. The zero-order chi connectivity index (χ0) is 18.6. The van der Waals surface area contributed by atoms with Crippen LogP contribution in [0.3, 0.4) is 0 Å². The quantitative estimate of drug-likeness (QED) is 0.810. The SMILES string of the molecule is COc1ccccc1C(=O)NC(C(=O)N1CCC(C(=O)O)C1)C(C)C. The molecular weight excluding hydrogens is 324 g/mol. The Bertz CT molecular complexity index is 659. The number of nitrogens with one attached hydrogen (secondary N) is 1. The molecular formula is C18H24N2O5. The van der Waals surface area contributed by atoms with E-state index in [1.54, 1.807) is 24.3 Å². The van der Waals surface area contributed by atoms with Crippen molar-refractivity contribution in [2.24, 2.45) is 11.8 Å². The second-order valence-electron chi connectivity index (χ2n) is 6.50. The molecule has 0 aromatic heterocycles. The average Bonchev–Trinajstić information content (AvgIpc) is 3.09. The highest BCUT2D eigenvalue weighted by Crippen LogP contribution is 2.21. The number of carbonyl (C=O) groups excluding carboxylic acids is 2. The standard InChI is InChI=1S/C18H24N2O5/c1-11(2)15(17(22)20-9-8-12(10-20)18(23)24)19-16(21)13-6-4-5-7-14(13)25-3/h4-7,11-12,15H,8-10H2,1-3H3,(H,19,21)(H,23,24). The van der Waals surface area contributed by atoms with Crippen molar-refractivity contribution in [1.82, 2.24) is 10.2 Å². The van der Waals surface area contributed by atoms with E-state index >= 15 is 0 Å². The molecule has 1 aromatic rings. The summed E-state index contributed by atoms with van der Waals surface area (Å²) in [6, 6.07) is 6.08. The third-order valence-corrected chi connectivity index (χ3v) is 4.42. The highest BCUT2D eigenvalue weighted by molar-refractivity contribution is 5.99. The predicted octanol–water partition coefficient (Wildman–Crippen LogP) is 1.38. The fourth-order valence-electron chi connectivity index (χ4n) is 2.92. The summed E-state index contributed by atoms with van der Waals surface area (Å²) in [5.41, 5.74) is 0.355. The summed E-state index contributed by atoms with van der Waals surface area (Å²) in [5, 5.41) is 11.9. The van der Waals surface area contributed by atoms with Crippen LogP contribution >= 0.6 is 0 Å². The van der Waals surface area contributed by atoms with Gasteiger partial charge in [0, 0.05) is 13.1 Å². The van der Waals surface area contributed by atoms with E-state index in [-0.39, 0.29) is 18.4 Å². The van der Waals surface area contributed by atoms with E-state index in [1.165, 1.54) is 12.0 Å². The third kappa shape index (κ3) is 4.29. The van der Waals surface area contributed by atoms with E-state index < -0.39 is 23.8 Å². The number of carboxylic acid groups (broad SMARTS) is 1. The first-order valence-electron chi connectivity index (χ1n) is 8.30. The van der Waals surface area contributed by atoms with Crippen LogP contribution in [0.25, 0.3) is 0 Å². The average molecular weight is 348 g/mol. The number of carbonyl (C=O) groups is 3. The number of nitrogens with zero attached hydrogens (tertiary/aromatic N) is 1. The van der Waals surface area contributed by atoms with Crippen molar-refractivity contribution in [2.45, 2.75) is 26.3 Å². The summed E-state index contributed by atoms with van der Waals surface area (Å²) in [6.07, 6.45) is 0.437. The van der Waals surface area contributed by atoms with Gasteiger partial charge in [-0.2, -0.15) is 0 Å². The van der Waals surface area contributed by atoms with Gasteiger partial charge in [-0.3, -0.25) is 14.4 Å². The normalized spacial score (nSPS) is 18.1. The molecule has 2 N–H and O–H groups in total. The molecule has 1 heterocycles. The number of hydrogen-bond acceptors (Lipinski definition) is 4. The van der Waals surface area contributed by atoms with Crippen molar-refractivity contribution >= 4 is 17.8 Å². The van der Waals surface area contributed by atoms with E-state index in [0.29, 0.717) is 24.3 Å². The number of carboxylic acids is 1. The second kappa shape index (κ2) is 8.00. The van der Waals surface area contributed by atoms with E-state index in [1.807, 2.05) is 13.8 Å². The topological polar surface area (TPSA) is 95.9 Å². The van der Waals surface area contributed by atoms with Gasteiger partial charge in [0.2, 0.25) is 5.91 Å². The van der Waals surface area contributed by atoms with Crippen molar-refractivity contribution in [3.8, 4) is 5.75 Å². The Morgan fingerprint density at radius 3 is 2.52 bits per heavy atom. The lowest BCUT2D eigenvalue weighted by Crippen LogP contribution is -2.50. The molecule has 2 unspecified atom stereocenters. The minimum Gasteiger partial charge on any atom is -0.496 e. The Hall–Kier alpha value is -2.57. The van der Waals surface area contributed by atoms with Gasteiger partial charge in [0.15, 0.2) is 0 Å². The molecule has 1 aliphatic heterocycles. The van der Waals surface area contributed by atoms with Crippen LogP contribution < -0.4 is 10.1 Å². The van der Waals surface area contributed by atoms with Crippen LogP contribution in [0.15, 0.2) is 24.3 Å². The Kier molecular flexibility index (Phi) is 6.01. The number of benzene rings is 1. The molecule has 1 saturated heterocycles. The van der Waals surface area contributed by atoms with Crippen molar-refractivity contribution in [3.63, 3.8) is 0 Å². The van der Waals surface area contributed by atoms with Gasteiger partial charge in [-0.25, -0.2) is 0 Å². The first-order chi connectivity index (χ1) is 11.8. The number of rotatable bonds is 6. The zero-order valence-electron chi connectivity index (χ0n) is 14.7. The van der Waals surface area contributed by atoms with Gasteiger partial charge in [-0.05, 0) is 24.5 Å². The number of likely N-dealkylation sites (tertiary alicyclic amines) is 1. The molecule has 1 fully saturated rings. The van der Waals surface area contributed by atoms with Crippen LogP contribution in [-0.2, 0) is 9.59 Å². The smallest absolute Gasteiger partial charge is 0.308 e. The Balaban J connectivity index is 2.12. The van der Waals surface area contributed by atoms with Gasteiger partial charge in [0.25, 0.3) is 5.91 Å². The van der Waals surface area contributed by atoms with Crippen LogP contribution in [-0.4, -0.2) is 54.0 Å². The second-order valence-corrected chi connectivity index (χ2v) is 6.50. The molecule has 1 aromatic carbocycles. The number of hydrogen-bond donors (Lipinski definition) is 2. The first kappa shape index (κ1) is 18.8. The van der Waals surface area contributed by atoms with Crippen LogP contribution in [0.5, 0.6) is 5.75 Å². The lowest BCUT2D eigenvalue weighted by atomic mass is 10.0. The van der Waals surface area contributed by atoms with Crippen molar-refractivity contribution in [3.05, 3.63) is 29.8 Å². The van der Waals surface area contributed by atoms with Gasteiger partial charge in [0.05, 0.1) is 18.6 Å². The Morgan fingerprint density at radius 1 is 1.28 bits per heavy atom. The Labute approximate surface area is 147 Å². The summed E-state index contributed by atoms with van der Waals surface area (Å²) in [5.74, 6) is -1.77. The maximum Gasteiger partial charge on any atom is 0.308 e. The monoisotopic (exact) mass is 348 g/mol. The number of ether oxygens (including phenoxy) is 1. The first-order valence-corrected chi connectivity index (χ1v) is 8.30. The number of para-hydroxylation sites is 1. The van der Waals surface area contributed by atoms with Crippen molar-refractivity contribution in [2.75, 3.05) is 20.2 Å². The van der Waals surface area contributed by atoms with Gasteiger partial charge < -0.3 is 20.1 Å². The fourth-order valence-corrected chi connectivity index (χ4v) is 2.92. The third-order valence-electron chi connectivity index (χ3n) is 4.42. The minimum absolute atomic E-state index is 0.130. The van der Waals surface area contributed by atoms with Gasteiger partial charge in [0.1, 0.15) is 11.8 Å². The van der Waals surface area contributed by atoms with Crippen molar-refractivity contribution in [1.29, 1.82) is 0 Å². The number of amides is 2. The zero-order valence-corrected chi connectivity index (χ0v) is 14.7. The van der Waals surface area contributed by atoms with Crippen LogP contribution in [0.1, 0.15) is 30.6 Å². The predicted molar refractivity (Wildman–Crippen MR) is 91.4 cm³/mol. The van der Waals surface area contributed by atoms with Crippen LogP contribution in [0.2, 0.25) is 0 Å². The molecule has 136 valence electrons. The lowest BCUT2D eigenvalue weighted by molar-refractivity contribution is -0.141. The molecule has 1 aliphatic rings. The summed E-state index contributed by atoms with van der Waals surface area (Å²) < 4.78 is 5.19. The van der Waals surface area contributed by atoms with E-state index in [9.17, 15) is 14.4 Å². The summed E-state index contributed by atoms with van der Waals surface area (Å²) in [7, 11) is 1.48. The maximum absolute atomic E-state index is 12.8. The van der Waals surface area contributed by atoms with E-state index in [2.05, 4.69) is 5.32 Å². The van der Waals surface area contributed by atoms with Crippen LogP contribution in [0.4, 0.5) is 0 Å². The molecule has 0 saturated carbocycles. The molecule has 0 bridgehead atoms. The maximum atomic E-state index is 12.8. The van der Waals surface area contributed by atoms with Crippen molar-refractivity contribution < 1.29 is 24.2 Å². The lowest BCUT2D eigenvalue weighted by Gasteiger charge is -2.27. The minimum atomic E-state index is -0.894. The number of methoxy groups -OCH3 is 1. The van der Waals surface area contributed by atoms with E-state index in [4.69, 9.17) is 9.84 Å².